The van der Waals surface area contributed by atoms with Gasteiger partial charge in [0.1, 0.15) is 5.69 Å². The van der Waals surface area contributed by atoms with Crippen LogP contribution < -0.4 is 10.3 Å². The normalized spacial score (nSPS) is 11.4. The molecule has 8 heteroatoms. The molecule has 0 aliphatic rings. The van der Waals surface area contributed by atoms with E-state index >= 15 is 0 Å². The van der Waals surface area contributed by atoms with Crippen molar-refractivity contribution in [2.24, 2.45) is 0 Å². The van der Waals surface area contributed by atoms with Crippen LogP contribution in [0.15, 0.2) is 56.8 Å². The summed E-state index contributed by atoms with van der Waals surface area (Å²) in [6.45, 7) is 3.80. The fraction of sp³-hybridized carbons (Fsp3) is 0.176. The van der Waals surface area contributed by atoms with Crippen molar-refractivity contribution in [1.29, 1.82) is 0 Å². The summed E-state index contributed by atoms with van der Waals surface area (Å²) in [7, 11) is -3.88. The van der Waals surface area contributed by atoms with E-state index in [1.807, 2.05) is 32.0 Å². The smallest absolute Gasteiger partial charge is 0.295 e. The monoisotopic (exact) mass is 359 g/mol. The second-order valence-corrected chi connectivity index (χ2v) is 7.11. The topological polar surface area (TPSA) is 105 Å². The van der Waals surface area contributed by atoms with Crippen LogP contribution >= 0.6 is 0 Å². The van der Waals surface area contributed by atoms with Crippen LogP contribution in [0.4, 0.5) is 5.69 Å². The van der Waals surface area contributed by atoms with Crippen LogP contribution in [-0.2, 0) is 16.4 Å². The summed E-state index contributed by atoms with van der Waals surface area (Å²) >= 11 is 0. The van der Waals surface area contributed by atoms with Crippen molar-refractivity contribution in [3.63, 3.8) is 0 Å². The maximum atomic E-state index is 12.6. The molecule has 0 saturated heterocycles. The fourth-order valence-corrected chi connectivity index (χ4v) is 3.55. The molecule has 2 aromatic heterocycles. The Morgan fingerprint density at radius 3 is 2.64 bits per heavy atom. The summed E-state index contributed by atoms with van der Waals surface area (Å²) in [5, 5.41) is 5.88. The molecule has 0 aliphatic heterocycles. The summed E-state index contributed by atoms with van der Waals surface area (Å²) < 4.78 is 33.3. The Bertz CT molecular complexity index is 1050. The first kappa shape index (κ1) is 17.0. The van der Waals surface area contributed by atoms with Crippen LogP contribution in [0.5, 0.6) is 0 Å². The number of nitrogens with one attached hydrogen (secondary N) is 2. The number of hydrogen-bond donors (Lipinski definition) is 2. The summed E-state index contributed by atoms with van der Waals surface area (Å²) in [5.74, 6) is 0.247. The van der Waals surface area contributed by atoms with Crippen LogP contribution in [0.1, 0.15) is 18.1 Å². The number of H-pyrrole nitrogens is 1. The first-order valence-corrected chi connectivity index (χ1v) is 9.16. The number of hydrogen-bond acceptors (Lipinski definition) is 5. The van der Waals surface area contributed by atoms with Gasteiger partial charge in [-0.2, -0.15) is 13.5 Å². The minimum Gasteiger partial charge on any atom is -0.441 e. The van der Waals surface area contributed by atoms with Crippen molar-refractivity contribution in [1.82, 2.24) is 10.2 Å². The minimum atomic E-state index is -3.88. The van der Waals surface area contributed by atoms with E-state index in [4.69, 9.17) is 4.42 Å². The lowest BCUT2D eigenvalue weighted by atomic mass is 10.1. The molecule has 0 radical (unpaired) electrons. The van der Waals surface area contributed by atoms with Gasteiger partial charge >= 0.3 is 0 Å². The van der Waals surface area contributed by atoms with Crippen LogP contribution in [0, 0.1) is 6.92 Å². The van der Waals surface area contributed by atoms with Crippen molar-refractivity contribution in [2.75, 3.05) is 4.72 Å². The van der Waals surface area contributed by atoms with Crippen molar-refractivity contribution >= 4 is 15.7 Å². The number of rotatable bonds is 5. The molecule has 0 atom stereocenters. The Hall–Kier alpha value is -2.87. The zero-order valence-electron chi connectivity index (χ0n) is 13.7. The van der Waals surface area contributed by atoms with Crippen LogP contribution in [0.3, 0.4) is 0 Å². The lowest BCUT2D eigenvalue weighted by molar-refractivity contribution is 0.461. The molecule has 1 aromatic carbocycles. The zero-order valence-corrected chi connectivity index (χ0v) is 14.6. The third-order valence-corrected chi connectivity index (χ3v) is 4.98. The molecule has 3 aromatic rings. The van der Waals surface area contributed by atoms with E-state index in [0.717, 1.165) is 11.1 Å². The highest BCUT2D eigenvalue weighted by atomic mass is 32.2. The molecular weight excluding hydrogens is 342 g/mol. The van der Waals surface area contributed by atoms with Crippen LogP contribution in [0.2, 0.25) is 0 Å². The Labute approximate surface area is 144 Å². The summed E-state index contributed by atoms with van der Waals surface area (Å²) in [6.07, 6.45) is 0.699. The van der Waals surface area contributed by atoms with Gasteiger partial charge in [-0.1, -0.05) is 25.1 Å². The van der Waals surface area contributed by atoms with E-state index < -0.39 is 10.0 Å². The number of aromatic amines is 1. The number of nitrogens with zero attached hydrogens (tertiary/aromatic N) is 1. The van der Waals surface area contributed by atoms with Gasteiger partial charge in [-0.05, 0) is 42.7 Å². The minimum absolute atomic E-state index is 0.221. The number of furan rings is 1. The van der Waals surface area contributed by atoms with Gasteiger partial charge in [0, 0.05) is 6.07 Å². The SMILES string of the molecule is CCc1cccc(C)c1NS(=O)(=O)c1ccc(-c2ccc(=O)[nH]n2)o1. The second kappa shape index (κ2) is 6.56. The van der Waals surface area contributed by atoms with E-state index in [1.165, 1.54) is 24.3 Å². The van der Waals surface area contributed by atoms with E-state index in [0.29, 0.717) is 17.8 Å². The first-order chi connectivity index (χ1) is 11.9. The second-order valence-electron chi connectivity index (χ2n) is 5.49. The summed E-state index contributed by atoms with van der Waals surface area (Å²) in [4.78, 5) is 11.1. The molecular formula is C17H17N3O4S. The van der Waals surface area contributed by atoms with Gasteiger partial charge in [0.25, 0.3) is 15.6 Å². The number of aryl methyl sites for hydroxylation is 2. The van der Waals surface area contributed by atoms with Crippen molar-refractivity contribution in [3.8, 4) is 11.5 Å². The maximum Gasteiger partial charge on any atom is 0.295 e. The van der Waals surface area contributed by atoms with Crippen molar-refractivity contribution in [3.05, 3.63) is 63.9 Å². The zero-order chi connectivity index (χ0) is 18.0. The molecule has 0 bridgehead atoms. The molecule has 2 N–H and O–H groups in total. The van der Waals surface area contributed by atoms with Gasteiger partial charge in [0.15, 0.2) is 5.76 Å². The van der Waals surface area contributed by atoms with E-state index in [1.54, 1.807) is 0 Å². The molecule has 0 fully saturated rings. The Morgan fingerprint density at radius 2 is 1.96 bits per heavy atom. The molecule has 0 aliphatic carbocycles. The van der Waals surface area contributed by atoms with E-state index in [-0.39, 0.29) is 16.4 Å². The number of benzene rings is 1. The lowest BCUT2D eigenvalue weighted by Crippen LogP contribution is -2.14. The number of para-hydroxylation sites is 1. The first-order valence-electron chi connectivity index (χ1n) is 7.68. The molecule has 25 heavy (non-hydrogen) atoms. The van der Waals surface area contributed by atoms with E-state index in [9.17, 15) is 13.2 Å². The third-order valence-electron chi connectivity index (χ3n) is 3.75. The number of anilines is 1. The fourth-order valence-electron chi connectivity index (χ4n) is 2.44. The van der Waals surface area contributed by atoms with Gasteiger partial charge in [-0.3, -0.25) is 9.52 Å². The van der Waals surface area contributed by atoms with Gasteiger partial charge in [0.05, 0.1) is 5.69 Å². The highest BCUT2D eigenvalue weighted by Gasteiger charge is 2.21. The Kier molecular flexibility index (Phi) is 4.45. The van der Waals surface area contributed by atoms with E-state index in [2.05, 4.69) is 14.9 Å². The number of sulfonamides is 1. The molecule has 130 valence electrons. The molecule has 0 saturated carbocycles. The molecule has 2 heterocycles. The van der Waals surface area contributed by atoms with Crippen molar-refractivity contribution in [2.45, 2.75) is 25.4 Å². The van der Waals surface area contributed by atoms with Crippen LogP contribution in [0.25, 0.3) is 11.5 Å². The van der Waals surface area contributed by atoms with Gasteiger partial charge < -0.3 is 4.42 Å². The number of aromatic nitrogens is 2. The largest absolute Gasteiger partial charge is 0.441 e. The molecule has 0 unspecified atom stereocenters. The highest BCUT2D eigenvalue weighted by Crippen LogP contribution is 2.27. The Morgan fingerprint density at radius 1 is 1.16 bits per heavy atom. The summed E-state index contributed by atoms with van der Waals surface area (Å²) in [5.41, 5.74) is 2.28. The standard InChI is InChI=1S/C17H17N3O4S/c1-3-12-6-4-5-11(2)17(12)20-25(22,23)16-10-8-14(24-16)13-7-9-15(21)19-18-13/h4-10,20H,3H2,1-2H3,(H,19,21). The lowest BCUT2D eigenvalue weighted by Gasteiger charge is -2.13. The molecule has 0 spiro atoms. The average molecular weight is 359 g/mol. The summed E-state index contributed by atoms with van der Waals surface area (Å²) in [6, 6.07) is 11.2. The predicted molar refractivity (Wildman–Crippen MR) is 93.9 cm³/mol. The molecule has 3 rings (SSSR count). The highest BCUT2D eigenvalue weighted by molar-refractivity contribution is 7.92. The predicted octanol–water partition coefficient (Wildman–Crippen LogP) is 2.70. The Balaban J connectivity index is 1.94. The van der Waals surface area contributed by atoms with Gasteiger partial charge in [0.2, 0.25) is 5.09 Å². The van der Waals surface area contributed by atoms with Crippen LogP contribution in [-0.4, -0.2) is 18.6 Å². The third kappa shape index (κ3) is 3.48. The van der Waals surface area contributed by atoms with Gasteiger partial charge in [-0.25, -0.2) is 5.10 Å². The molecule has 0 amide bonds. The van der Waals surface area contributed by atoms with Crippen molar-refractivity contribution < 1.29 is 12.8 Å². The quantitative estimate of drug-likeness (QED) is 0.729. The maximum absolute atomic E-state index is 12.6. The van der Waals surface area contributed by atoms with Gasteiger partial charge in [-0.15, -0.1) is 0 Å². The molecule has 7 nitrogen and oxygen atoms in total. The average Bonchev–Trinajstić information content (AvgIpc) is 3.08.